The molecule has 0 atom stereocenters. The quantitative estimate of drug-likeness (QED) is 0.478. The Morgan fingerprint density at radius 2 is 1.90 bits per heavy atom. The molecule has 0 saturated heterocycles. The summed E-state index contributed by atoms with van der Waals surface area (Å²) in [5.41, 5.74) is 1.40. The minimum absolute atomic E-state index is 0.149. The molecule has 3 aromatic rings. The number of nitrogens with zero attached hydrogens (tertiary/aromatic N) is 2. The molecule has 1 aromatic heterocycles. The molecule has 2 aromatic carbocycles. The summed E-state index contributed by atoms with van der Waals surface area (Å²) in [7, 11) is 1.62. The Balaban J connectivity index is 1.93. The van der Waals surface area contributed by atoms with Gasteiger partial charge < -0.3 is 14.2 Å². The SMILES string of the molecule is CCCOc1ccc(C(=O)N(CCOC)c2nc3ccccc3s2)cc1OCC. The first-order valence-corrected chi connectivity index (χ1v) is 10.6. The van der Waals surface area contributed by atoms with Crippen molar-refractivity contribution in [3.63, 3.8) is 0 Å². The standard InChI is InChI=1S/C22H26N2O4S/c1-4-13-28-18-11-10-16(15-19(18)27-5-2)21(25)24(12-14-26-3)22-23-17-8-6-7-9-20(17)29-22/h6-11,15H,4-5,12-14H2,1-3H3. The number of benzene rings is 2. The van der Waals surface area contributed by atoms with Gasteiger partial charge in [-0.15, -0.1) is 0 Å². The Kier molecular flexibility index (Phi) is 7.43. The Bertz CT molecular complexity index is 924. The number of hydrogen-bond acceptors (Lipinski definition) is 6. The molecule has 0 radical (unpaired) electrons. The molecule has 1 heterocycles. The second-order valence-corrected chi connectivity index (χ2v) is 7.37. The second kappa shape index (κ2) is 10.2. The van der Waals surface area contributed by atoms with Crippen LogP contribution in [0.25, 0.3) is 10.2 Å². The molecule has 0 bridgehead atoms. The fourth-order valence-corrected chi connectivity index (χ4v) is 3.83. The number of fused-ring (bicyclic) bond motifs is 1. The number of ether oxygens (including phenoxy) is 3. The van der Waals surface area contributed by atoms with E-state index in [4.69, 9.17) is 14.2 Å². The molecule has 0 spiro atoms. The van der Waals surface area contributed by atoms with Gasteiger partial charge in [-0.25, -0.2) is 4.98 Å². The molecule has 7 heteroatoms. The predicted octanol–water partition coefficient (Wildman–Crippen LogP) is 4.78. The van der Waals surface area contributed by atoms with Crippen LogP contribution in [0.3, 0.4) is 0 Å². The van der Waals surface area contributed by atoms with E-state index in [1.165, 1.54) is 11.3 Å². The highest BCUT2D eigenvalue weighted by Gasteiger charge is 2.22. The third kappa shape index (κ3) is 5.05. The molecule has 29 heavy (non-hydrogen) atoms. The first-order chi connectivity index (χ1) is 14.2. The summed E-state index contributed by atoms with van der Waals surface area (Å²) >= 11 is 1.49. The van der Waals surface area contributed by atoms with Crippen LogP contribution in [0.4, 0.5) is 5.13 Å². The average molecular weight is 415 g/mol. The first kappa shape index (κ1) is 21.1. The molecule has 1 amide bonds. The number of methoxy groups -OCH3 is 1. The number of aromatic nitrogens is 1. The molecule has 0 aliphatic rings. The fourth-order valence-electron chi connectivity index (χ4n) is 2.84. The third-order valence-corrected chi connectivity index (χ3v) is 5.29. The lowest BCUT2D eigenvalue weighted by atomic mass is 10.1. The van der Waals surface area contributed by atoms with Gasteiger partial charge in [-0.3, -0.25) is 9.69 Å². The summed E-state index contributed by atoms with van der Waals surface area (Å²) in [6.07, 6.45) is 0.897. The molecule has 3 rings (SSSR count). The van der Waals surface area contributed by atoms with Crippen molar-refractivity contribution in [2.45, 2.75) is 20.3 Å². The fraction of sp³-hybridized carbons (Fsp3) is 0.364. The number of thiazole rings is 1. The van der Waals surface area contributed by atoms with Crippen LogP contribution in [0.15, 0.2) is 42.5 Å². The van der Waals surface area contributed by atoms with Crippen molar-refractivity contribution in [3.05, 3.63) is 48.0 Å². The van der Waals surface area contributed by atoms with Crippen molar-refractivity contribution < 1.29 is 19.0 Å². The minimum Gasteiger partial charge on any atom is -0.490 e. The second-order valence-electron chi connectivity index (χ2n) is 6.36. The van der Waals surface area contributed by atoms with Crippen LogP contribution in [-0.4, -0.2) is 44.4 Å². The van der Waals surface area contributed by atoms with Crippen LogP contribution < -0.4 is 14.4 Å². The van der Waals surface area contributed by atoms with Gasteiger partial charge in [-0.2, -0.15) is 0 Å². The van der Waals surface area contributed by atoms with E-state index in [1.54, 1.807) is 30.2 Å². The van der Waals surface area contributed by atoms with E-state index in [9.17, 15) is 4.79 Å². The van der Waals surface area contributed by atoms with Crippen LogP contribution in [0.2, 0.25) is 0 Å². The van der Waals surface area contributed by atoms with Crippen LogP contribution in [0, 0.1) is 0 Å². The van der Waals surface area contributed by atoms with Gasteiger partial charge in [-0.05, 0) is 43.7 Å². The smallest absolute Gasteiger partial charge is 0.260 e. The topological polar surface area (TPSA) is 60.9 Å². The maximum Gasteiger partial charge on any atom is 0.260 e. The highest BCUT2D eigenvalue weighted by atomic mass is 32.1. The third-order valence-electron chi connectivity index (χ3n) is 4.23. The number of para-hydroxylation sites is 1. The van der Waals surface area contributed by atoms with E-state index in [2.05, 4.69) is 4.98 Å². The van der Waals surface area contributed by atoms with E-state index < -0.39 is 0 Å². The average Bonchev–Trinajstić information content (AvgIpc) is 3.17. The van der Waals surface area contributed by atoms with Gasteiger partial charge in [-0.1, -0.05) is 30.4 Å². The van der Waals surface area contributed by atoms with Crippen LogP contribution in [0.5, 0.6) is 11.5 Å². The van der Waals surface area contributed by atoms with Crippen molar-refractivity contribution in [2.24, 2.45) is 0 Å². The lowest BCUT2D eigenvalue weighted by Gasteiger charge is -2.20. The number of anilines is 1. The molecule has 0 aliphatic carbocycles. The summed E-state index contributed by atoms with van der Waals surface area (Å²) < 4.78 is 17.7. The molecule has 0 unspecified atom stereocenters. The number of rotatable bonds is 10. The van der Waals surface area contributed by atoms with Crippen molar-refractivity contribution in [1.82, 2.24) is 4.98 Å². The van der Waals surface area contributed by atoms with Crippen molar-refractivity contribution in [2.75, 3.05) is 38.4 Å². The zero-order valence-corrected chi connectivity index (χ0v) is 17.8. The summed E-state index contributed by atoms with van der Waals surface area (Å²) in [5, 5.41) is 0.650. The highest BCUT2D eigenvalue weighted by molar-refractivity contribution is 7.22. The van der Waals surface area contributed by atoms with Crippen LogP contribution >= 0.6 is 11.3 Å². The first-order valence-electron chi connectivity index (χ1n) is 9.74. The summed E-state index contributed by atoms with van der Waals surface area (Å²) in [4.78, 5) is 19.7. The zero-order valence-electron chi connectivity index (χ0n) is 17.0. The molecule has 6 nitrogen and oxygen atoms in total. The predicted molar refractivity (Wildman–Crippen MR) is 117 cm³/mol. The molecule has 0 saturated carbocycles. The molecular weight excluding hydrogens is 388 g/mol. The largest absolute Gasteiger partial charge is 0.490 e. The van der Waals surface area contributed by atoms with E-state index in [0.29, 0.717) is 48.6 Å². The van der Waals surface area contributed by atoms with Gasteiger partial charge >= 0.3 is 0 Å². The molecule has 0 aliphatic heterocycles. The Morgan fingerprint density at radius 3 is 2.62 bits per heavy atom. The Labute approximate surface area is 175 Å². The molecule has 0 N–H and O–H groups in total. The van der Waals surface area contributed by atoms with E-state index in [0.717, 1.165) is 16.6 Å². The van der Waals surface area contributed by atoms with Gasteiger partial charge in [0.05, 0.1) is 36.6 Å². The van der Waals surface area contributed by atoms with E-state index >= 15 is 0 Å². The number of carbonyl (C=O) groups is 1. The Morgan fingerprint density at radius 1 is 1.07 bits per heavy atom. The van der Waals surface area contributed by atoms with Gasteiger partial charge in [0.25, 0.3) is 5.91 Å². The lowest BCUT2D eigenvalue weighted by Crippen LogP contribution is -2.33. The summed E-state index contributed by atoms with van der Waals surface area (Å²) in [6, 6.07) is 13.2. The molecule has 0 fully saturated rings. The summed E-state index contributed by atoms with van der Waals surface area (Å²) in [6.45, 7) is 5.86. The highest BCUT2D eigenvalue weighted by Crippen LogP contribution is 2.32. The number of hydrogen-bond donors (Lipinski definition) is 0. The van der Waals surface area contributed by atoms with Crippen molar-refractivity contribution >= 4 is 32.6 Å². The number of carbonyl (C=O) groups excluding carboxylic acids is 1. The van der Waals surface area contributed by atoms with Gasteiger partial charge in [0.2, 0.25) is 0 Å². The monoisotopic (exact) mass is 414 g/mol. The van der Waals surface area contributed by atoms with Gasteiger partial charge in [0, 0.05) is 12.7 Å². The maximum absolute atomic E-state index is 13.4. The number of amides is 1. The minimum atomic E-state index is -0.149. The van der Waals surface area contributed by atoms with Gasteiger partial charge in [0.1, 0.15) is 0 Å². The van der Waals surface area contributed by atoms with Crippen LogP contribution in [-0.2, 0) is 4.74 Å². The van der Waals surface area contributed by atoms with Crippen molar-refractivity contribution in [1.29, 1.82) is 0 Å². The molecular formula is C22H26N2O4S. The molecule has 154 valence electrons. The van der Waals surface area contributed by atoms with E-state index in [1.807, 2.05) is 38.1 Å². The zero-order chi connectivity index (χ0) is 20.6. The summed E-state index contributed by atoms with van der Waals surface area (Å²) in [5.74, 6) is 1.07. The maximum atomic E-state index is 13.4. The lowest BCUT2D eigenvalue weighted by molar-refractivity contribution is 0.0975. The van der Waals surface area contributed by atoms with Crippen molar-refractivity contribution in [3.8, 4) is 11.5 Å². The van der Waals surface area contributed by atoms with E-state index in [-0.39, 0.29) is 5.91 Å². The Hall–Kier alpha value is -2.64. The normalized spacial score (nSPS) is 10.9. The van der Waals surface area contributed by atoms with Crippen LogP contribution in [0.1, 0.15) is 30.6 Å². The van der Waals surface area contributed by atoms with Gasteiger partial charge in [0.15, 0.2) is 16.6 Å².